The molecule has 0 bridgehead atoms. The molecule has 0 aromatic heterocycles. The van der Waals surface area contributed by atoms with Gasteiger partial charge in [-0.05, 0) is 38.8 Å². The number of anilines is 1. The summed E-state index contributed by atoms with van der Waals surface area (Å²) < 4.78 is 0. The molecular formula is C14H20N2O3. The number of carboxylic acids is 1. The van der Waals surface area contributed by atoms with Crippen molar-refractivity contribution in [1.82, 2.24) is 5.32 Å². The number of carbonyl (C=O) groups excluding carboxylic acids is 1. The lowest BCUT2D eigenvalue weighted by Crippen LogP contribution is -2.49. The van der Waals surface area contributed by atoms with E-state index in [1.807, 2.05) is 32.0 Å². The summed E-state index contributed by atoms with van der Waals surface area (Å²) >= 11 is 0. The Bertz CT molecular complexity index is 475. The molecule has 5 heteroatoms. The summed E-state index contributed by atoms with van der Waals surface area (Å²) in [5.41, 5.74) is 1.61. The van der Waals surface area contributed by atoms with Gasteiger partial charge in [-0.25, -0.2) is 0 Å². The number of benzene rings is 1. The van der Waals surface area contributed by atoms with E-state index in [2.05, 4.69) is 10.6 Å². The van der Waals surface area contributed by atoms with Crippen molar-refractivity contribution in [2.45, 2.75) is 33.2 Å². The van der Waals surface area contributed by atoms with Gasteiger partial charge in [-0.3, -0.25) is 14.9 Å². The second kappa shape index (κ2) is 5.84. The Morgan fingerprint density at radius 2 is 1.74 bits per heavy atom. The van der Waals surface area contributed by atoms with Crippen LogP contribution in [0.2, 0.25) is 0 Å². The fourth-order valence-electron chi connectivity index (χ4n) is 1.57. The fourth-order valence-corrected chi connectivity index (χ4v) is 1.57. The highest BCUT2D eigenvalue weighted by Crippen LogP contribution is 2.19. The predicted octanol–water partition coefficient (Wildman–Crippen LogP) is 1.69. The normalized spacial score (nSPS) is 11.2. The first-order valence-corrected chi connectivity index (χ1v) is 6.08. The van der Waals surface area contributed by atoms with Crippen molar-refractivity contribution in [3.05, 3.63) is 29.3 Å². The summed E-state index contributed by atoms with van der Waals surface area (Å²) in [5.74, 6) is -1.25. The molecule has 0 saturated carbocycles. The monoisotopic (exact) mass is 264 g/mol. The fraction of sp³-hybridized carbons (Fsp3) is 0.429. The van der Waals surface area contributed by atoms with Crippen LogP contribution in [0.25, 0.3) is 0 Å². The highest BCUT2D eigenvalue weighted by molar-refractivity contribution is 5.94. The average Bonchev–Trinajstić information content (AvgIpc) is 2.31. The molecule has 0 atom stereocenters. The van der Waals surface area contributed by atoms with Gasteiger partial charge in [-0.1, -0.05) is 18.2 Å². The van der Waals surface area contributed by atoms with Crippen LogP contribution in [-0.4, -0.2) is 29.1 Å². The highest BCUT2D eigenvalue weighted by atomic mass is 16.4. The van der Waals surface area contributed by atoms with Crippen LogP contribution in [0.5, 0.6) is 0 Å². The number of para-hydroxylation sites is 1. The Kier molecular flexibility index (Phi) is 4.67. The quantitative estimate of drug-likeness (QED) is 0.756. The van der Waals surface area contributed by atoms with Gasteiger partial charge in [-0.2, -0.15) is 0 Å². The molecule has 19 heavy (non-hydrogen) atoms. The number of nitrogens with one attached hydrogen (secondary N) is 2. The number of carboxylic acid groups (broad SMARTS) is 1. The lowest BCUT2D eigenvalue weighted by molar-refractivity contribution is -0.143. The maximum atomic E-state index is 11.8. The number of hydrogen-bond donors (Lipinski definition) is 3. The van der Waals surface area contributed by atoms with Gasteiger partial charge >= 0.3 is 5.97 Å². The summed E-state index contributed by atoms with van der Waals surface area (Å²) in [4.78, 5) is 22.7. The zero-order chi connectivity index (χ0) is 14.6. The highest BCUT2D eigenvalue weighted by Gasteiger charge is 2.26. The van der Waals surface area contributed by atoms with E-state index >= 15 is 0 Å². The maximum Gasteiger partial charge on any atom is 0.323 e. The number of hydrogen-bond acceptors (Lipinski definition) is 3. The molecule has 0 unspecified atom stereocenters. The number of aliphatic carboxylic acids is 1. The van der Waals surface area contributed by atoms with Crippen LogP contribution in [0.3, 0.4) is 0 Å². The molecule has 1 aromatic rings. The zero-order valence-electron chi connectivity index (χ0n) is 11.7. The molecule has 0 saturated heterocycles. The second-order valence-electron chi connectivity index (χ2n) is 5.10. The Hall–Kier alpha value is -1.88. The molecule has 1 amide bonds. The lowest BCUT2D eigenvalue weighted by atomic mass is 10.1. The van der Waals surface area contributed by atoms with Crippen LogP contribution in [-0.2, 0) is 9.59 Å². The van der Waals surface area contributed by atoms with Crippen LogP contribution in [0.4, 0.5) is 5.69 Å². The summed E-state index contributed by atoms with van der Waals surface area (Å²) in [6.07, 6.45) is 0. The van der Waals surface area contributed by atoms with Crippen LogP contribution in [0.15, 0.2) is 18.2 Å². The Morgan fingerprint density at radius 3 is 2.21 bits per heavy atom. The standard InChI is InChI=1S/C14H20N2O3/c1-9-6-5-7-10(2)12(9)16-11(17)8-15-14(3,4)13(18)19/h5-7,15H,8H2,1-4H3,(H,16,17)(H,18,19). The topological polar surface area (TPSA) is 78.4 Å². The minimum Gasteiger partial charge on any atom is -0.480 e. The van der Waals surface area contributed by atoms with E-state index in [9.17, 15) is 9.59 Å². The summed E-state index contributed by atoms with van der Waals surface area (Å²) in [7, 11) is 0. The van der Waals surface area contributed by atoms with E-state index in [1.54, 1.807) is 0 Å². The molecule has 1 aromatic carbocycles. The van der Waals surface area contributed by atoms with E-state index in [0.29, 0.717) is 0 Å². The number of amides is 1. The first-order valence-electron chi connectivity index (χ1n) is 6.08. The zero-order valence-corrected chi connectivity index (χ0v) is 11.7. The van der Waals surface area contributed by atoms with Crippen molar-refractivity contribution in [3.63, 3.8) is 0 Å². The molecule has 0 heterocycles. The SMILES string of the molecule is Cc1cccc(C)c1NC(=O)CNC(C)(C)C(=O)O. The Balaban J connectivity index is 2.64. The molecule has 0 aliphatic rings. The van der Waals surface area contributed by atoms with Crippen molar-refractivity contribution in [1.29, 1.82) is 0 Å². The molecule has 0 aliphatic carbocycles. The Morgan fingerprint density at radius 1 is 1.21 bits per heavy atom. The molecule has 0 spiro atoms. The summed E-state index contributed by atoms with van der Waals surface area (Å²) in [6, 6.07) is 5.75. The van der Waals surface area contributed by atoms with Crippen molar-refractivity contribution in [3.8, 4) is 0 Å². The smallest absolute Gasteiger partial charge is 0.323 e. The van der Waals surface area contributed by atoms with Crippen molar-refractivity contribution in [2.24, 2.45) is 0 Å². The van der Waals surface area contributed by atoms with Crippen LogP contribution in [0, 0.1) is 13.8 Å². The van der Waals surface area contributed by atoms with E-state index < -0.39 is 11.5 Å². The molecule has 0 radical (unpaired) electrons. The van der Waals surface area contributed by atoms with Gasteiger partial charge in [0.1, 0.15) is 5.54 Å². The molecule has 104 valence electrons. The van der Waals surface area contributed by atoms with Crippen molar-refractivity contribution < 1.29 is 14.7 Å². The average molecular weight is 264 g/mol. The number of rotatable bonds is 5. The van der Waals surface area contributed by atoms with Crippen molar-refractivity contribution >= 4 is 17.6 Å². The minimum atomic E-state index is -1.13. The first-order chi connectivity index (χ1) is 8.74. The summed E-state index contributed by atoms with van der Waals surface area (Å²) in [5, 5.41) is 14.4. The van der Waals surface area contributed by atoms with E-state index in [1.165, 1.54) is 13.8 Å². The third-order valence-corrected chi connectivity index (χ3v) is 2.97. The molecule has 5 nitrogen and oxygen atoms in total. The first kappa shape index (κ1) is 15.2. The van der Waals surface area contributed by atoms with Crippen LogP contribution < -0.4 is 10.6 Å². The van der Waals surface area contributed by atoms with Gasteiger partial charge in [0.2, 0.25) is 5.91 Å². The van der Waals surface area contributed by atoms with Gasteiger partial charge < -0.3 is 10.4 Å². The van der Waals surface area contributed by atoms with Gasteiger partial charge in [0.15, 0.2) is 0 Å². The predicted molar refractivity (Wildman–Crippen MR) is 74.3 cm³/mol. The molecule has 1 rings (SSSR count). The van der Waals surface area contributed by atoms with E-state index in [4.69, 9.17) is 5.11 Å². The molecule has 3 N–H and O–H groups in total. The second-order valence-corrected chi connectivity index (χ2v) is 5.10. The number of aryl methyl sites for hydroxylation is 2. The minimum absolute atomic E-state index is 0.0485. The van der Waals surface area contributed by atoms with E-state index in [-0.39, 0.29) is 12.5 Å². The Labute approximate surface area is 113 Å². The van der Waals surface area contributed by atoms with Gasteiger partial charge in [-0.15, -0.1) is 0 Å². The lowest BCUT2D eigenvalue weighted by Gasteiger charge is -2.21. The van der Waals surface area contributed by atoms with Crippen LogP contribution >= 0.6 is 0 Å². The molecular weight excluding hydrogens is 244 g/mol. The third kappa shape index (κ3) is 4.06. The van der Waals surface area contributed by atoms with Gasteiger partial charge in [0.05, 0.1) is 6.54 Å². The van der Waals surface area contributed by atoms with Crippen LogP contribution in [0.1, 0.15) is 25.0 Å². The largest absolute Gasteiger partial charge is 0.480 e. The van der Waals surface area contributed by atoms with Gasteiger partial charge in [0, 0.05) is 5.69 Å². The van der Waals surface area contributed by atoms with Gasteiger partial charge in [0.25, 0.3) is 0 Å². The summed E-state index contributed by atoms with van der Waals surface area (Å²) in [6.45, 7) is 6.81. The number of carbonyl (C=O) groups is 2. The maximum absolute atomic E-state index is 11.8. The van der Waals surface area contributed by atoms with Crippen molar-refractivity contribution in [2.75, 3.05) is 11.9 Å². The third-order valence-electron chi connectivity index (χ3n) is 2.97. The molecule has 0 fully saturated rings. The molecule has 0 aliphatic heterocycles. The van der Waals surface area contributed by atoms with E-state index in [0.717, 1.165) is 16.8 Å².